The average Bonchev–Trinajstić information content (AvgIpc) is 1.69. The minimum atomic E-state index is 0.468. The van der Waals surface area contributed by atoms with Crippen molar-refractivity contribution < 1.29 is 9.78 Å². The van der Waals surface area contributed by atoms with Crippen LogP contribution in [0, 0.1) is 0 Å². The fourth-order valence-corrected chi connectivity index (χ4v) is 0.237. The van der Waals surface area contributed by atoms with E-state index in [1.807, 2.05) is 6.92 Å². The van der Waals surface area contributed by atoms with Gasteiger partial charge in [0, 0.05) is 5.88 Å². The Morgan fingerprint density at radius 3 is 2.57 bits per heavy atom. The highest BCUT2D eigenvalue weighted by atomic mass is 35.5. The van der Waals surface area contributed by atoms with Crippen LogP contribution in [0.2, 0.25) is 0 Å². The van der Waals surface area contributed by atoms with Gasteiger partial charge in [-0.15, -0.1) is 11.6 Å². The van der Waals surface area contributed by atoms with Crippen LogP contribution in [0.25, 0.3) is 0 Å². The fourth-order valence-electron chi connectivity index (χ4n) is 0.174. The molecule has 0 atom stereocenters. The van der Waals surface area contributed by atoms with E-state index in [9.17, 15) is 0 Å². The highest BCUT2D eigenvalue weighted by Crippen LogP contribution is 1.78. The Morgan fingerprint density at radius 2 is 2.14 bits per heavy atom. The van der Waals surface area contributed by atoms with Gasteiger partial charge < -0.3 is 0 Å². The van der Waals surface area contributed by atoms with E-state index < -0.39 is 0 Å². The molecule has 0 spiro atoms. The molecule has 0 bridgehead atoms. The van der Waals surface area contributed by atoms with Gasteiger partial charge >= 0.3 is 0 Å². The molecule has 0 aliphatic carbocycles. The Kier molecular flexibility index (Phi) is 6.40. The van der Waals surface area contributed by atoms with Crippen molar-refractivity contribution in [1.29, 1.82) is 0 Å². The van der Waals surface area contributed by atoms with Crippen molar-refractivity contribution in [3.8, 4) is 0 Å². The molecule has 0 saturated carbocycles. The summed E-state index contributed by atoms with van der Waals surface area (Å²) in [6.45, 7) is 2.90. The van der Waals surface area contributed by atoms with Crippen molar-refractivity contribution in [3.63, 3.8) is 0 Å². The predicted octanol–water partition coefficient (Wildman–Crippen LogP) is 1.19. The molecule has 0 amide bonds. The van der Waals surface area contributed by atoms with Gasteiger partial charge in [0.15, 0.2) is 0 Å². The lowest BCUT2D eigenvalue weighted by Gasteiger charge is -1.94. The Hall–Kier alpha value is 0.210. The van der Waals surface area contributed by atoms with Crippen molar-refractivity contribution >= 4 is 11.6 Å². The second-order valence-electron chi connectivity index (χ2n) is 0.917. The van der Waals surface area contributed by atoms with E-state index in [2.05, 4.69) is 9.78 Å². The molecule has 2 nitrogen and oxygen atoms in total. The molecule has 0 rings (SSSR count). The summed E-state index contributed by atoms with van der Waals surface area (Å²) in [5, 5.41) is 0. The topological polar surface area (TPSA) is 18.5 Å². The van der Waals surface area contributed by atoms with Gasteiger partial charge in [0.05, 0.1) is 13.2 Å². The monoisotopic (exact) mass is 124 g/mol. The summed E-state index contributed by atoms with van der Waals surface area (Å²) in [5.41, 5.74) is 0. The quantitative estimate of drug-likeness (QED) is 0.243. The van der Waals surface area contributed by atoms with Gasteiger partial charge in [0.1, 0.15) is 0 Å². The maximum absolute atomic E-state index is 5.23. The van der Waals surface area contributed by atoms with Gasteiger partial charge in [0.2, 0.25) is 0 Å². The van der Waals surface area contributed by atoms with Crippen LogP contribution in [0.1, 0.15) is 6.92 Å². The highest BCUT2D eigenvalue weighted by Gasteiger charge is 1.79. The van der Waals surface area contributed by atoms with E-state index >= 15 is 0 Å². The Bertz CT molecular complexity index is 28.9. The van der Waals surface area contributed by atoms with E-state index in [0.29, 0.717) is 19.1 Å². The SMILES string of the molecule is CCOOCCCl. The lowest BCUT2D eigenvalue weighted by molar-refractivity contribution is -0.287. The van der Waals surface area contributed by atoms with E-state index in [1.165, 1.54) is 0 Å². The van der Waals surface area contributed by atoms with Crippen LogP contribution in [-0.4, -0.2) is 19.1 Å². The maximum atomic E-state index is 5.23. The van der Waals surface area contributed by atoms with Crippen LogP contribution >= 0.6 is 11.6 Å². The first-order valence-electron chi connectivity index (χ1n) is 2.22. The van der Waals surface area contributed by atoms with Crippen LogP contribution in [0.4, 0.5) is 0 Å². The van der Waals surface area contributed by atoms with Gasteiger partial charge in [-0.2, -0.15) is 0 Å². The lowest BCUT2D eigenvalue weighted by atomic mass is 10.9. The van der Waals surface area contributed by atoms with Gasteiger partial charge in [-0.05, 0) is 6.92 Å². The summed E-state index contributed by atoms with van der Waals surface area (Å²) in [6.07, 6.45) is 0. The number of halogens is 1. The minimum Gasteiger partial charge on any atom is -0.237 e. The average molecular weight is 125 g/mol. The molecule has 0 aromatic heterocycles. The zero-order valence-electron chi connectivity index (χ0n) is 4.32. The number of rotatable bonds is 4. The molecule has 7 heavy (non-hydrogen) atoms. The third-order valence-corrected chi connectivity index (χ3v) is 0.516. The summed E-state index contributed by atoms with van der Waals surface area (Å²) in [7, 11) is 0. The van der Waals surface area contributed by atoms with Crippen LogP contribution in [0.5, 0.6) is 0 Å². The van der Waals surface area contributed by atoms with Crippen molar-refractivity contribution in [1.82, 2.24) is 0 Å². The molecular weight excluding hydrogens is 115 g/mol. The molecule has 0 aliphatic heterocycles. The fraction of sp³-hybridized carbons (Fsp3) is 1.00. The lowest BCUT2D eigenvalue weighted by Crippen LogP contribution is -1.95. The first-order chi connectivity index (χ1) is 3.41. The molecule has 0 fully saturated rings. The molecule has 3 heteroatoms. The predicted molar refractivity (Wildman–Crippen MR) is 28.3 cm³/mol. The minimum absolute atomic E-state index is 0.468. The van der Waals surface area contributed by atoms with Crippen molar-refractivity contribution in [2.75, 3.05) is 19.1 Å². The van der Waals surface area contributed by atoms with Gasteiger partial charge in [-0.25, -0.2) is 9.78 Å². The second kappa shape index (κ2) is 6.21. The van der Waals surface area contributed by atoms with Gasteiger partial charge in [0.25, 0.3) is 0 Å². The third kappa shape index (κ3) is 6.21. The molecular formula is C4H9ClO2. The highest BCUT2D eigenvalue weighted by molar-refractivity contribution is 6.17. The number of hydrogen-bond donors (Lipinski definition) is 0. The Labute approximate surface area is 48.3 Å². The Morgan fingerprint density at radius 1 is 1.43 bits per heavy atom. The van der Waals surface area contributed by atoms with Gasteiger partial charge in [-0.1, -0.05) is 0 Å². The molecule has 0 aromatic rings. The van der Waals surface area contributed by atoms with Crippen molar-refractivity contribution in [2.24, 2.45) is 0 Å². The molecule has 44 valence electrons. The van der Waals surface area contributed by atoms with E-state index in [1.54, 1.807) is 0 Å². The van der Waals surface area contributed by atoms with E-state index in [-0.39, 0.29) is 0 Å². The molecule has 0 saturated heterocycles. The number of alkyl halides is 1. The van der Waals surface area contributed by atoms with Crippen molar-refractivity contribution in [3.05, 3.63) is 0 Å². The number of hydrogen-bond acceptors (Lipinski definition) is 2. The standard InChI is InChI=1S/C4H9ClO2/c1-2-6-7-4-3-5/h2-4H2,1H3. The van der Waals surface area contributed by atoms with E-state index in [0.717, 1.165) is 0 Å². The maximum Gasteiger partial charge on any atom is 0.0957 e. The molecule has 0 unspecified atom stereocenters. The molecule has 0 aromatic carbocycles. The van der Waals surface area contributed by atoms with Crippen LogP contribution < -0.4 is 0 Å². The first-order valence-corrected chi connectivity index (χ1v) is 2.75. The zero-order valence-corrected chi connectivity index (χ0v) is 5.07. The molecule has 0 N–H and O–H groups in total. The third-order valence-electron chi connectivity index (χ3n) is 0.362. The zero-order chi connectivity index (χ0) is 5.54. The van der Waals surface area contributed by atoms with Crippen LogP contribution in [-0.2, 0) is 9.78 Å². The largest absolute Gasteiger partial charge is 0.237 e. The van der Waals surface area contributed by atoms with E-state index in [4.69, 9.17) is 11.6 Å². The normalized spacial score (nSPS) is 9.43. The summed E-state index contributed by atoms with van der Waals surface area (Å²) in [5.74, 6) is 0.486. The smallest absolute Gasteiger partial charge is 0.0957 e. The molecule has 0 radical (unpaired) electrons. The Balaban J connectivity index is 2.45. The summed E-state index contributed by atoms with van der Waals surface area (Å²) >= 11 is 5.23. The summed E-state index contributed by atoms with van der Waals surface area (Å²) in [4.78, 5) is 8.99. The first kappa shape index (κ1) is 7.21. The summed E-state index contributed by atoms with van der Waals surface area (Å²) in [6, 6.07) is 0. The molecule has 0 aliphatic rings. The molecule has 0 heterocycles. The van der Waals surface area contributed by atoms with Crippen molar-refractivity contribution in [2.45, 2.75) is 6.92 Å². The van der Waals surface area contributed by atoms with Crippen LogP contribution in [0.15, 0.2) is 0 Å². The second-order valence-corrected chi connectivity index (χ2v) is 1.30. The van der Waals surface area contributed by atoms with Gasteiger partial charge in [-0.3, -0.25) is 0 Å². The summed E-state index contributed by atoms with van der Waals surface area (Å²) < 4.78 is 0. The van der Waals surface area contributed by atoms with Crippen LogP contribution in [0.3, 0.4) is 0 Å².